The maximum Gasteiger partial charge on any atom is 0.330 e. The molecule has 0 aliphatic heterocycles. The molecule has 1 unspecified atom stereocenters. The average molecular weight is 291 g/mol. The Labute approximate surface area is 120 Å². The minimum atomic E-state index is -1.05. The highest BCUT2D eigenvalue weighted by molar-refractivity contribution is 7.98. The van der Waals surface area contributed by atoms with Crippen LogP contribution in [0.3, 0.4) is 0 Å². The van der Waals surface area contributed by atoms with Crippen LogP contribution in [0, 0.1) is 5.82 Å². The summed E-state index contributed by atoms with van der Waals surface area (Å²) in [5.74, 6) is -1.52. The normalized spacial score (nSPS) is 11.9. The van der Waals surface area contributed by atoms with Crippen LogP contribution >= 0.6 is 11.8 Å². The number of carbonyl (C=O) groups is 1. The second-order valence-electron chi connectivity index (χ2n) is 4.17. The lowest BCUT2D eigenvalue weighted by molar-refractivity contribution is -0.138. The average Bonchev–Trinajstić information content (AvgIpc) is 2.46. The molecule has 0 saturated carbocycles. The van der Waals surface area contributed by atoms with Crippen LogP contribution in [0.4, 0.5) is 10.1 Å². The summed E-state index contributed by atoms with van der Waals surface area (Å²) in [4.78, 5) is 12.4. The number of carboxylic acid groups (broad SMARTS) is 1. The van der Waals surface area contributed by atoms with E-state index in [1.807, 2.05) is 18.4 Å². The standard InChI is InChI=1S/C15H14FNO2S/c1-20-11-8-6-10(7-9-11)14(15(18)19)17-13-5-3-2-4-12(13)16/h2-9,14,17H,1H3,(H,18,19). The minimum absolute atomic E-state index is 0.175. The van der Waals surface area contributed by atoms with Crippen molar-refractivity contribution in [3.8, 4) is 0 Å². The molecule has 20 heavy (non-hydrogen) atoms. The van der Waals surface area contributed by atoms with Crippen LogP contribution in [0.15, 0.2) is 53.4 Å². The Morgan fingerprint density at radius 3 is 2.40 bits per heavy atom. The summed E-state index contributed by atoms with van der Waals surface area (Å²) in [7, 11) is 0. The summed E-state index contributed by atoms with van der Waals surface area (Å²) in [6, 6.07) is 12.2. The quantitative estimate of drug-likeness (QED) is 0.823. The summed E-state index contributed by atoms with van der Waals surface area (Å²) in [6.45, 7) is 0. The van der Waals surface area contributed by atoms with E-state index in [9.17, 15) is 14.3 Å². The van der Waals surface area contributed by atoms with Gasteiger partial charge in [0.1, 0.15) is 5.82 Å². The summed E-state index contributed by atoms with van der Waals surface area (Å²) in [6.07, 6.45) is 1.95. The number of aliphatic carboxylic acids is 1. The van der Waals surface area contributed by atoms with Gasteiger partial charge in [-0.2, -0.15) is 0 Å². The van der Waals surface area contributed by atoms with Gasteiger partial charge in [0.05, 0.1) is 5.69 Å². The van der Waals surface area contributed by atoms with Gasteiger partial charge in [-0.15, -0.1) is 11.8 Å². The van der Waals surface area contributed by atoms with E-state index in [1.54, 1.807) is 36.0 Å². The molecule has 2 rings (SSSR count). The number of nitrogens with one attached hydrogen (secondary N) is 1. The zero-order valence-corrected chi connectivity index (χ0v) is 11.7. The molecule has 0 bridgehead atoms. The number of anilines is 1. The van der Waals surface area contributed by atoms with Crippen molar-refractivity contribution in [2.75, 3.05) is 11.6 Å². The maximum atomic E-state index is 13.6. The highest BCUT2D eigenvalue weighted by atomic mass is 32.2. The molecule has 1 atom stereocenters. The largest absolute Gasteiger partial charge is 0.479 e. The van der Waals surface area contributed by atoms with Crippen molar-refractivity contribution in [1.82, 2.24) is 0 Å². The van der Waals surface area contributed by atoms with Crippen molar-refractivity contribution >= 4 is 23.4 Å². The SMILES string of the molecule is CSc1ccc(C(Nc2ccccc2F)C(=O)O)cc1. The summed E-state index contributed by atoms with van der Waals surface area (Å²) < 4.78 is 13.6. The van der Waals surface area contributed by atoms with Gasteiger partial charge in [-0.3, -0.25) is 0 Å². The number of halogens is 1. The lowest BCUT2D eigenvalue weighted by atomic mass is 10.1. The van der Waals surface area contributed by atoms with Crippen LogP contribution in [0.25, 0.3) is 0 Å². The van der Waals surface area contributed by atoms with Crippen LogP contribution in [-0.2, 0) is 4.79 Å². The van der Waals surface area contributed by atoms with Gasteiger partial charge < -0.3 is 10.4 Å². The number of thioether (sulfide) groups is 1. The molecular formula is C15H14FNO2S. The van der Waals surface area contributed by atoms with Crippen LogP contribution < -0.4 is 5.32 Å². The monoisotopic (exact) mass is 291 g/mol. The number of rotatable bonds is 5. The Balaban J connectivity index is 2.27. The van der Waals surface area contributed by atoms with E-state index in [-0.39, 0.29) is 5.69 Å². The van der Waals surface area contributed by atoms with Gasteiger partial charge in [0.15, 0.2) is 6.04 Å². The zero-order valence-electron chi connectivity index (χ0n) is 10.8. The predicted molar refractivity (Wildman–Crippen MR) is 78.6 cm³/mol. The molecule has 0 aromatic heterocycles. The molecule has 5 heteroatoms. The fourth-order valence-electron chi connectivity index (χ4n) is 1.82. The van der Waals surface area contributed by atoms with Crippen LogP contribution in [0.5, 0.6) is 0 Å². The van der Waals surface area contributed by atoms with Gasteiger partial charge in [-0.25, -0.2) is 9.18 Å². The highest BCUT2D eigenvalue weighted by Gasteiger charge is 2.20. The molecule has 0 aliphatic rings. The molecule has 0 heterocycles. The Kier molecular flexibility index (Phi) is 4.63. The number of para-hydroxylation sites is 1. The molecule has 0 aliphatic carbocycles. The first-order chi connectivity index (χ1) is 9.61. The van der Waals surface area contributed by atoms with E-state index in [0.717, 1.165) is 4.90 Å². The number of carboxylic acids is 1. The minimum Gasteiger partial charge on any atom is -0.479 e. The van der Waals surface area contributed by atoms with E-state index in [2.05, 4.69) is 5.32 Å². The van der Waals surface area contributed by atoms with E-state index in [1.165, 1.54) is 12.1 Å². The van der Waals surface area contributed by atoms with Crippen LogP contribution in [0.2, 0.25) is 0 Å². The van der Waals surface area contributed by atoms with E-state index in [4.69, 9.17) is 0 Å². The summed E-state index contributed by atoms with van der Waals surface area (Å²) in [5, 5.41) is 12.0. The van der Waals surface area contributed by atoms with Gasteiger partial charge in [0, 0.05) is 4.90 Å². The van der Waals surface area contributed by atoms with E-state index >= 15 is 0 Å². The van der Waals surface area contributed by atoms with Gasteiger partial charge in [0.2, 0.25) is 0 Å². The Hall–Kier alpha value is -2.01. The number of hydrogen-bond acceptors (Lipinski definition) is 3. The Morgan fingerprint density at radius 2 is 1.85 bits per heavy atom. The van der Waals surface area contributed by atoms with Crippen molar-refractivity contribution in [3.05, 3.63) is 59.9 Å². The molecule has 2 aromatic rings. The van der Waals surface area contributed by atoms with Gasteiger partial charge in [-0.05, 0) is 36.1 Å². The molecule has 104 valence electrons. The van der Waals surface area contributed by atoms with Crippen LogP contribution in [-0.4, -0.2) is 17.3 Å². The Bertz CT molecular complexity index is 601. The maximum absolute atomic E-state index is 13.6. The highest BCUT2D eigenvalue weighted by Crippen LogP contribution is 2.24. The van der Waals surface area contributed by atoms with Crippen molar-refractivity contribution in [1.29, 1.82) is 0 Å². The second-order valence-corrected chi connectivity index (χ2v) is 5.05. The summed E-state index contributed by atoms with van der Waals surface area (Å²) >= 11 is 1.58. The van der Waals surface area contributed by atoms with Crippen molar-refractivity contribution in [3.63, 3.8) is 0 Å². The molecule has 0 radical (unpaired) electrons. The lowest BCUT2D eigenvalue weighted by Crippen LogP contribution is -2.21. The predicted octanol–water partition coefficient (Wildman–Crippen LogP) is 3.79. The first-order valence-corrected chi connectivity index (χ1v) is 7.22. The molecule has 0 saturated heterocycles. The third-order valence-electron chi connectivity index (χ3n) is 2.87. The third kappa shape index (κ3) is 3.30. The first-order valence-electron chi connectivity index (χ1n) is 5.99. The fourth-order valence-corrected chi connectivity index (χ4v) is 2.23. The molecule has 0 amide bonds. The van der Waals surface area contributed by atoms with E-state index < -0.39 is 17.8 Å². The second kappa shape index (κ2) is 6.43. The van der Waals surface area contributed by atoms with Crippen molar-refractivity contribution in [2.24, 2.45) is 0 Å². The number of hydrogen-bond donors (Lipinski definition) is 2. The van der Waals surface area contributed by atoms with Crippen LogP contribution in [0.1, 0.15) is 11.6 Å². The topological polar surface area (TPSA) is 49.3 Å². The zero-order chi connectivity index (χ0) is 14.5. The molecule has 2 aromatic carbocycles. The molecule has 0 fully saturated rings. The van der Waals surface area contributed by atoms with Crippen molar-refractivity contribution < 1.29 is 14.3 Å². The molecule has 2 N–H and O–H groups in total. The molecular weight excluding hydrogens is 277 g/mol. The number of benzene rings is 2. The smallest absolute Gasteiger partial charge is 0.330 e. The van der Waals surface area contributed by atoms with Gasteiger partial charge in [-0.1, -0.05) is 24.3 Å². The molecule has 0 spiro atoms. The first kappa shape index (κ1) is 14.4. The van der Waals surface area contributed by atoms with Gasteiger partial charge in [0.25, 0.3) is 0 Å². The lowest BCUT2D eigenvalue weighted by Gasteiger charge is -2.17. The third-order valence-corrected chi connectivity index (χ3v) is 3.61. The fraction of sp³-hybridized carbons (Fsp3) is 0.133. The van der Waals surface area contributed by atoms with Gasteiger partial charge >= 0.3 is 5.97 Å². The van der Waals surface area contributed by atoms with E-state index in [0.29, 0.717) is 5.56 Å². The Morgan fingerprint density at radius 1 is 1.20 bits per heavy atom. The molecule has 3 nitrogen and oxygen atoms in total. The van der Waals surface area contributed by atoms with Crippen molar-refractivity contribution in [2.45, 2.75) is 10.9 Å². The summed E-state index contributed by atoms with van der Waals surface area (Å²) in [5.41, 5.74) is 0.757.